The summed E-state index contributed by atoms with van der Waals surface area (Å²) < 4.78 is 5.80. The highest BCUT2D eigenvalue weighted by Gasteiger charge is 2.13. The van der Waals surface area contributed by atoms with Crippen LogP contribution in [0.4, 0.5) is 0 Å². The molecule has 0 aliphatic carbocycles. The largest absolute Gasteiger partial charge is 0.476 e. The summed E-state index contributed by atoms with van der Waals surface area (Å²) >= 11 is 0. The molecule has 0 spiro atoms. The zero-order valence-electron chi connectivity index (χ0n) is 14.4. The first-order valence-corrected chi connectivity index (χ1v) is 7.97. The second-order valence-electron chi connectivity index (χ2n) is 6.31. The lowest BCUT2D eigenvalue weighted by Crippen LogP contribution is -2.39. The van der Waals surface area contributed by atoms with E-state index in [2.05, 4.69) is 56.7 Å². The second-order valence-corrected chi connectivity index (χ2v) is 6.31. The van der Waals surface area contributed by atoms with Gasteiger partial charge < -0.3 is 10.1 Å². The molecule has 1 aromatic heterocycles. The maximum Gasteiger partial charge on any atom is 0.213 e. The van der Waals surface area contributed by atoms with Gasteiger partial charge in [-0.15, -0.1) is 0 Å². The number of aromatic nitrogens is 1. The summed E-state index contributed by atoms with van der Waals surface area (Å²) in [5.74, 6) is 0.713. The Kier molecular flexibility index (Phi) is 7.68. The molecule has 0 amide bonds. The van der Waals surface area contributed by atoms with Gasteiger partial charge in [0.05, 0.1) is 0 Å². The smallest absolute Gasteiger partial charge is 0.213 e. The van der Waals surface area contributed by atoms with Gasteiger partial charge in [0.25, 0.3) is 0 Å². The SMILES string of the molecule is CC(C)NCc1ccnc(OCCN(C(C)C)C(C)C)c1. The third-order valence-corrected chi connectivity index (χ3v) is 3.44. The van der Waals surface area contributed by atoms with Crippen molar-refractivity contribution in [1.29, 1.82) is 0 Å². The minimum absolute atomic E-state index is 0.480. The van der Waals surface area contributed by atoms with Crippen molar-refractivity contribution in [3.63, 3.8) is 0 Å². The van der Waals surface area contributed by atoms with E-state index in [-0.39, 0.29) is 0 Å². The average Bonchev–Trinajstić information content (AvgIpc) is 2.41. The summed E-state index contributed by atoms with van der Waals surface area (Å²) in [6.45, 7) is 15.6. The molecule has 0 aromatic carbocycles. The standard InChI is InChI=1S/C17H31N3O/c1-13(2)19-12-16-7-8-18-17(11-16)21-10-9-20(14(3)4)15(5)6/h7-8,11,13-15,19H,9-10,12H2,1-6H3. The molecule has 21 heavy (non-hydrogen) atoms. The predicted molar refractivity (Wildman–Crippen MR) is 88.7 cm³/mol. The van der Waals surface area contributed by atoms with Crippen LogP contribution in [0.15, 0.2) is 18.3 Å². The van der Waals surface area contributed by atoms with Crippen LogP contribution in [0.2, 0.25) is 0 Å². The van der Waals surface area contributed by atoms with Gasteiger partial charge >= 0.3 is 0 Å². The van der Waals surface area contributed by atoms with E-state index in [1.54, 1.807) is 0 Å². The van der Waals surface area contributed by atoms with Crippen LogP contribution < -0.4 is 10.1 Å². The number of rotatable bonds is 9. The molecule has 1 N–H and O–H groups in total. The van der Waals surface area contributed by atoms with Crippen LogP contribution in [0.1, 0.15) is 47.1 Å². The number of nitrogens with one attached hydrogen (secondary N) is 1. The Hall–Kier alpha value is -1.13. The molecule has 120 valence electrons. The molecule has 1 aromatic rings. The van der Waals surface area contributed by atoms with Gasteiger partial charge in [0.2, 0.25) is 5.88 Å². The maximum absolute atomic E-state index is 5.80. The minimum Gasteiger partial charge on any atom is -0.476 e. The molecule has 0 saturated carbocycles. The van der Waals surface area contributed by atoms with E-state index in [4.69, 9.17) is 4.74 Å². The predicted octanol–water partition coefficient (Wildman–Crippen LogP) is 3.08. The molecule has 1 heterocycles. The third-order valence-electron chi connectivity index (χ3n) is 3.44. The van der Waals surface area contributed by atoms with E-state index in [1.165, 1.54) is 5.56 Å². The van der Waals surface area contributed by atoms with Gasteiger partial charge in [-0.2, -0.15) is 0 Å². The van der Waals surface area contributed by atoms with Crippen LogP contribution in [0.25, 0.3) is 0 Å². The van der Waals surface area contributed by atoms with Crippen molar-refractivity contribution in [3.05, 3.63) is 23.9 Å². The Morgan fingerprint density at radius 3 is 2.38 bits per heavy atom. The van der Waals surface area contributed by atoms with E-state index in [9.17, 15) is 0 Å². The lowest BCUT2D eigenvalue weighted by Gasteiger charge is -2.30. The summed E-state index contributed by atoms with van der Waals surface area (Å²) in [6.07, 6.45) is 1.81. The molecule has 0 aliphatic heterocycles. The minimum atomic E-state index is 0.480. The topological polar surface area (TPSA) is 37.4 Å². The normalized spacial score (nSPS) is 11.9. The molecule has 0 bridgehead atoms. The summed E-state index contributed by atoms with van der Waals surface area (Å²) in [6, 6.07) is 5.58. The van der Waals surface area contributed by atoms with Gasteiger partial charge in [-0.05, 0) is 39.3 Å². The Labute approximate surface area is 129 Å². The van der Waals surface area contributed by atoms with Gasteiger partial charge in [-0.3, -0.25) is 4.90 Å². The molecule has 4 nitrogen and oxygen atoms in total. The molecule has 0 radical (unpaired) electrons. The molecule has 0 unspecified atom stereocenters. The number of hydrogen-bond donors (Lipinski definition) is 1. The highest BCUT2D eigenvalue weighted by molar-refractivity contribution is 5.20. The van der Waals surface area contributed by atoms with Gasteiger partial charge in [0, 0.05) is 43.5 Å². The molecule has 4 heteroatoms. The van der Waals surface area contributed by atoms with Gasteiger partial charge in [-0.25, -0.2) is 4.98 Å². The average molecular weight is 293 g/mol. The lowest BCUT2D eigenvalue weighted by molar-refractivity contribution is 0.140. The van der Waals surface area contributed by atoms with Crippen LogP contribution >= 0.6 is 0 Å². The Morgan fingerprint density at radius 1 is 1.14 bits per heavy atom. The maximum atomic E-state index is 5.80. The first kappa shape index (κ1) is 17.9. The van der Waals surface area contributed by atoms with E-state index in [0.717, 1.165) is 13.1 Å². The summed E-state index contributed by atoms with van der Waals surface area (Å²) in [5, 5.41) is 3.40. The van der Waals surface area contributed by atoms with Crippen LogP contribution in [0.3, 0.4) is 0 Å². The van der Waals surface area contributed by atoms with E-state index >= 15 is 0 Å². The molecule has 0 saturated heterocycles. The molecular formula is C17H31N3O. The number of hydrogen-bond acceptors (Lipinski definition) is 4. The number of nitrogens with zero attached hydrogens (tertiary/aromatic N) is 2. The molecule has 1 rings (SSSR count). The Morgan fingerprint density at radius 2 is 1.81 bits per heavy atom. The molecule has 0 aliphatic rings. The molecule has 0 fully saturated rings. The quantitative estimate of drug-likeness (QED) is 0.759. The lowest BCUT2D eigenvalue weighted by atomic mass is 10.2. The van der Waals surface area contributed by atoms with Gasteiger partial charge in [0.15, 0.2) is 0 Å². The van der Waals surface area contributed by atoms with E-state index in [1.807, 2.05) is 18.3 Å². The van der Waals surface area contributed by atoms with Crippen molar-refractivity contribution in [2.75, 3.05) is 13.2 Å². The fourth-order valence-corrected chi connectivity index (χ4v) is 2.33. The van der Waals surface area contributed by atoms with Gasteiger partial charge in [-0.1, -0.05) is 13.8 Å². The fourth-order valence-electron chi connectivity index (χ4n) is 2.33. The fraction of sp³-hybridized carbons (Fsp3) is 0.706. The number of ether oxygens (including phenoxy) is 1. The highest BCUT2D eigenvalue weighted by atomic mass is 16.5. The van der Waals surface area contributed by atoms with Crippen LogP contribution in [0, 0.1) is 0 Å². The summed E-state index contributed by atoms with van der Waals surface area (Å²) in [4.78, 5) is 6.71. The summed E-state index contributed by atoms with van der Waals surface area (Å²) in [5.41, 5.74) is 1.21. The monoisotopic (exact) mass is 293 g/mol. The van der Waals surface area contributed by atoms with Crippen molar-refractivity contribution in [2.24, 2.45) is 0 Å². The molecule has 0 atom stereocenters. The van der Waals surface area contributed by atoms with E-state index in [0.29, 0.717) is 30.6 Å². The van der Waals surface area contributed by atoms with Crippen LogP contribution in [-0.2, 0) is 6.54 Å². The van der Waals surface area contributed by atoms with Crippen molar-refractivity contribution < 1.29 is 4.74 Å². The van der Waals surface area contributed by atoms with Gasteiger partial charge in [0.1, 0.15) is 6.61 Å². The van der Waals surface area contributed by atoms with Crippen LogP contribution in [-0.4, -0.2) is 41.2 Å². The first-order valence-electron chi connectivity index (χ1n) is 7.97. The van der Waals surface area contributed by atoms with Crippen molar-refractivity contribution in [1.82, 2.24) is 15.2 Å². The highest BCUT2D eigenvalue weighted by Crippen LogP contribution is 2.10. The van der Waals surface area contributed by atoms with Crippen molar-refractivity contribution in [3.8, 4) is 5.88 Å². The zero-order valence-corrected chi connectivity index (χ0v) is 14.4. The van der Waals surface area contributed by atoms with Crippen molar-refractivity contribution >= 4 is 0 Å². The second kappa shape index (κ2) is 9.00. The zero-order chi connectivity index (χ0) is 15.8. The van der Waals surface area contributed by atoms with Crippen molar-refractivity contribution in [2.45, 2.75) is 66.2 Å². The third kappa shape index (κ3) is 6.91. The number of pyridine rings is 1. The van der Waals surface area contributed by atoms with E-state index < -0.39 is 0 Å². The first-order chi connectivity index (χ1) is 9.90. The molecular weight excluding hydrogens is 262 g/mol. The summed E-state index contributed by atoms with van der Waals surface area (Å²) in [7, 11) is 0. The van der Waals surface area contributed by atoms with Crippen LogP contribution in [0.5, 0.6) is 5.88 Å². The Bertz CT molecular complexity index is 397. The Balaban J connectivity index is 2.46.